The van der Waals surface area contributed by atoms with Crippen LogP contribution in [0, 0.1) is 6.92 Å². The van der Waals surface area contributed by atoms with E-state index in [0.717, 1.165) is 5.56 Å². The van der Waals surface area contributed by atoms with Crippen LogP contribution in [0.25, 0.3) is 0 Å². The molecule has 104 valence electrons. The minimum atomic E-state index is -0.224. The molecule has 0 bridgehead atoms. The summed E-state index contributed by atoms with van der Waals surface area (Å²) in [6, 6.07) is 12.8. The van der Waals surface area contributed by atoms with Crippen molar-refractivity contribution in [3.63, 3.8) is 0 Å². The molecule has 0 spiro atoms. The lowest BCUT2D eigenvalue weighted by atomic mass is 10.1. The van der Waals surface area contributed by atoms with Crippen LogP contribution in [0.15, 0.2) is 42.5 Å². The minimum Gasteiger partial charge on any atom is -0.398 e. The molecule has 3 nitrogen and oxygen atoms in total. The molecule has 0 saturated carbocycles. The van der Waals surface area contributed by atoms with Crippen LogP contribution in [0.2, 0.25) is 5.02 Å². The second-order valence-electron chi connectivity index (χ2n) is 4.84. The van der Waals surface area contributed by atoms with Gasteiger partial charge in [-0.2, -0.15) is 0 Å². The van der Waals surface area contributed by atoms with Crippen LogP contribution in [0.4, 0.5) is 5.69 Å². The summed E-state index contributed by atoms with van der Waals surface area (Å²) in [6.45, 7) is 3.96. The number of aryl methyl sites for hydroxylation is 1. The molecule has 0 fully saturated rings. The van der Waals surface area contributed by atoms with E-state index in [9.17, 15) is 4.79 Å². The number of nitrogens with one attached hydrogen (secondary N) is 1. The van der Waals surface area contributed by atoms with E-state index in [-0.39, 0.29) is 11.9 Å². The Morgan fingerprint density at radius 3 is 2.50 bits per heavy atom. The van der Waals surface area contributed by atoms with Crippen molar-refractivity contribution >= 4 is 23.2 Å². The van der Waals surface area contributed by atoms with E-state index in [1.54, 1.807) is 18.2 Å². The lowest BCUT2D eigenvalue weighted by Crippen LogP contribution is -2.27. The normalized spacial score (nSPS) is 11.9. The number of hydrogen-bond acceptors (Lipinski definition) is 2. The van der Waals surface area contributed by atoms with Crippen LogP contribution in [0.3, 0.4) is 0 Å². The Hall–Kier alpha value is -2.00. The van der Waals surface area contributed by atoms with E-state index in [2.05, 4.69) is 5.32 Å². The van der Waals surface area contributed by atoms with Crippen molar-refractivity contribution in [3.8, 4) is 0 Å². The van der Waals surface area contributed by atoms with Gasteiger partial charge in [-0.1, -0.05) is 41.4 Å². The fourth-order valence-corrected chi connectivity index (χ4v) is 2.11. The Morgan fingerprint density at radius 2 is 1.85 bits per heavy atom. The van der Waals surface area contributed by atoms with Crippen molar-refractivity contribution < 1.29 is 4.79 Å². The van der Waals surface area contributed by atoms with Crippen LogP contribution < -0.4 is 11.1 Å². The van der Waals surface area contributed by atoms with E-state index < -0.39 is 0 Å². The number of anilines is 1. The summed E-state index contributed by atoms with van der Waals surface area (Å²) >= 11 is 5.90. The second kappa shape index (κ2) is 5.97. The van der Waals surface area contributed by atoms with Gasteiger partial charge < -0.3 is 11.1 Å². The van der Waals surface area contributed by atoms with Crippen molar-refractivity contribution in [1.82, 2.24) is 5.32 Å². The number of halogens is 1. The molecule has 0 heterocycles. The first kappa shape index (κ1) is 14.4. The first-order valence-corrected chi connectivity index (χ1v) is 6.77. The van der Waals surface area contributed by atoms with Gasteiger partial charge in [-0.15, -0.1) is 0 Å². The van der Waals surface area contributed by atoms with Crippen molar-refractivity contribution in [1.29, 1.82) is 0 Å². The molecule has 0 aliphatic heterocycles. The van der Waals surface area contributed by atoms with E-state index >= 15 is 0 Å². The Morgan fingerprint density at radius 1 is 1.20 bits per heavy atom. The minimum absolute atomic E-state index is 0.0959. The maximum atomic E-state index is 12.2. The van der Waals surface area contributed by atoms with Crippen LogP contribution in [0.1, 0.15) is 34.5 Å². The van der Waals surface area contributed by atoms with E-state index in [1.807, 2.05) is 38.1 Å². The number of carbonyl (C=O) groups is 1. The maximum Gasteiger partial charge on any atom is 0.253 e. The SMILES string of the molecule is Cc1ccc(C(C)NC(=O)c2cc(Cl)ccc2N)cc1. The number of amides is 1. The molecule has 0 aromatic heterocycles. The van der Waals surface area contributed by atoms with Gasteiger partial charge in [0, 0.05) is 10.7 Å². The van der Waals surface area contributed by atoms with Gasteiger partial charge in [0.1, 0.15) is 0 Å². The zero-order valence-corrected chi connectivity index (χ0v) is 12.2. The zero-order valence-electron chi connectivity index (χ0n) is 11.5. The third-order valence-corrected chi connectivity index (χ3v) is 3.42. The lowest BCUT2D eigenvalue weighted by Gasteiger charge is -2.15. The summed E-state index contributed by atoms with van der Waals surface area (Å²) < 4.78 is 0. The molecule has 0 saturated heterocycles. The van der Waals surface area contributed by atoms with Crippen molar-refractivity contribution in [2.75, 3.05) is 5.73 Å². The summed E-state index contributed by atoms with van der Waals surface area (Å²) in [7, 11) is 0. The van der Waals surface area contributed by atoms with Gasteiger partial charge in [0.05, 0.1) is 11.6 Å². The van der Waals surface area contributed by atoms with E-state index in [1.165, 1.54) is 5.56 Å². The molecule has 0 aliphatic carbocycles. The number of nitrogens with two attached hydrogens (primary N) is 1. The highest BCUT2D eigenvalue weighted by atomic mass is 35.5. The molecule has 2 rings (SSSR count). The molecule has 1 unspecified atom stereocenters. The molecular formula is C16H17ClN2O. The summed E-state index contributed by atoms with van der Waals surface area (Å²) in [5.74, 6) is -0.224. The molecule has 1 amide bonds. The number of hydrogen-bond donors (Lipinski definition) is 2. The molecular weight excluding hydrogens is 272 g/mol. The van der Waals surface area contributed by atoms with Gasteiger partial charge in [-0.05, 0) is 37.6 Å². The predicted octanol–water partition coefficient (Wildman–Crippen LogP) is 3.72. The van der Waals surface area contributed by atoms with E-state index in [4.69, 9.17) is 17.3 Å². The smallest absolute Gasteiger partial charge is 0.253 e. The fraction of sp³-hybridized carbons (Fsp3) is 0.188. The van der Waals surface area contributed by atoms with E-state index in [0.29, 0.717) is 16.3 Å². The fourth-order valence-electron chi connectivity index (χ4n) is 1.94. The van der Waals surface area contributed by atoms with Crippen LogP contribution in [0.5, 0.6) is 0 Å². The van der Waals surface area contributed by atoms with Gasteiger partial charge in [-0.3, -0.25) is 4.79 Å². The Kier molecular flexibility index (Phi) is 4.30. The summed E-state index contributed by atoms with van der Waals surface area (Å²) in [5, 5.41) is 3.42. The predicted molar refractivity (Wildman–Crippen MR) is 82.9 cm³/mol. The molecule has 2 aromatic carbocycles. The van der Waals surface area contributed by atoms with Crippen molar-refractivity contribution in [2.24, 2.45) is 0 Å². The highest BCUT2D eigenvalue weighted by Gasteiger charge is 2.14. The van der Waals surface area contributed by atoms with Crippen LogP contribution in [-0.4, -0.2) is 5.91 Å². The van der Waals surface area contributed by atoms with Crippen molar-refractivity contribution in [2.45, 2.75) is 19.9 Å². The Labute approximate surface area is 123 Å². The molecule has 2 aromatic rings. The molecule has 0 radical (unpaired) electrons. The van der Waals surface area contributed by atoms with Gasteiger partial charge in [0.2, 0.25) is 0 Å². The van der Waals surface area contributed by atoms with Crippen molar-refractivity contribution in [3.05, 3.63) is 64.2 Å². The Bertz CT molecular complexity index is 623. The quantitative estimate of drug-likeness (QED) is 0.846. The standard InChI is InChI=1S/C16H17ClN2O/c1-10-3-5-12(6-4-10)11(2)19-16(20)14-9-13(17)7-8-15(14)18/h3-9,11H,18H2,1-2H3,(H,19,20). The summed E-state index contributed by atoms with van der Waals surface area (Å²) in [5.41, 5.74) is 8.86. The number of nitrogen functional groups attached to an aromatic ring is 1. The molecule has 20 heavy (non-hydrogen) atoms. The van der Waals surface area contributed by atoms with Gasteiger partial charge in [0.25, 0.3) is 5.91 Å². The van der Waals surface area contributed by atoms with Gasteiger partial charge in [-0.25, -0.2) is 0 Å². The topological polar surface area (TPSA) is 55.1 Å². The third kappa shape index (κ3) is 3.31. The third-order valence-electron chi connectivity index (χ3n) is 3.18. The first-order valence-electron chi connectivity index (χ1n) is 6.40. The summed E-state index contributed by atoms with van der Waals surface area (Å²) in [6.07, 6.45) is 0. The number of rotatable bonds is 3. The molecule has 3 N–H and O–H groups in total. The molecule has 4 heteroatoms. The monoisotopic (exact) mass is 288 g/mol. The average Bonchev–Trinajstić information content (AvgIpc) is 2.42. The number of benzene rings is 2. The first-order chi connectivity index (χ1) is 9.47. The zero-order chi connectivity index (χ0) is 14.7. The maximum absolute atomic E-state index is 12.2. The Balaban J connectivity index is 2.15. The van der Waals surface area contributed by atoms with Crippen LogP contribution >= 0.6 is 11.6 Å². The second-order valence-corrected chi connectivity index (χ2v) is 5.27. The highest BCUT2D eigenvalue weighted by molar-refractivity contribution is 6.31. The highest BCUT2D eigenvalue weighted by Crippen LogP contribution is 2.19. The summed E-state index contributed by atoms with van der Waals surface area (Å²) in [4.78, 5) is 12.2. The average molecular weight is 289 g/mol. The number of carbonyl (C=O) groups excluding carboxylic acids is 1. The molecule has 0 aliphatic rings. The van der Waals surface area contributed by atoms with Gasteiger partial charge >= 0.3 is 0 Å². The molecule has 1 atom stereocenters. The largest absolute Gasteiger partial charge is 0.398 e. The van der Waals surface area contributed by atoms with Gasteiger partial charge in [0.15, 0.2) is 0 Å². The van der Waals surface area contributed by atoms with Crippen LogP contribution in [-0.2, 0) is 0 Å². The lowest BCUT2D eigenvalue weighted by molar-refractivity contribution is 0.0941.